The molecule has 0 spiro atoms. The molecule has 0 heterocycles. The van der Waals surface area contributed by atoms with Crippen LogP contribution in [0.2, 0.25) is 5.02 Å². The number of carbonyl (C=O) groups is 2. The van der Waals surface area contributed by atoms with E-state index in [-0.39, 0.29) is 22.6 Å². The average molecular weight is 429 g/mol. The minimum absolute atomic E-state index is 0.0413. The molecular weight excluding hydrogens is 411 g/mol. The van der Waals surface area contributed by atoms with Crippen LogP contribution in [0.5, 0.6) is 0 Å². The minimum atomic E-state index is -0.532. The zero-order chi connectivity index (χ0) is 20.6. The van der Waals surface area contributed by atoms with Crippen LogP contribution in [0.4, 0.5) is 15.8 Å². The van der Waals surface area contributed by atoms with Crippen molar-refractivity contribution in [2.24, 2.45) is 0 Å². The summed E-state index contributed by atoms with van der Waals surface area (Å²) in [5.74, 6) is -0.656. The first kappa shape index (κ1) is 20.9. The predicted molar refractivity (Wildman–Crippen MR) is 116 cm³/mol. The Bertz CT molecular complexity index is 997. The third-order valence-corrected chi connectivity index (χ3v) is 5.22. The summed E-state index contributed by atoms with van der Waals surface area (Å²) in [6.45, 7) is 0. The maximum absolute atomic E-state index is 13.2. The lowest BCUT2D eigenvalue weighted by Gasteiger charge is -2.08. The number of anilines is 2. The first-order chi connectivity index (χ1) is 14.0. The van der Waals surface area contributed by atoms with Gasteiger partial charge in [-0.25, -0.2) is 4.39 Å². The molecule has 0 atom stereocenters. The number of carbonyl (C=O) groups excluding carboxylic acids is 2. The monoisotopic (exact) mass is 428 g/mol. The van der Waals surface area contributed by atoms with Crippen LogP contribution < -0.4 is 10.6 Å². The zero-order valence-corrected chi connectivity index (χ0v) is 16.9. The van der Waals surface area contributed by atoms with E-state index in [4.69, 9.17) is 11.6 Å². The van der Waals surface area contributed by atoms with Gasteiger partial charge in [0.2, 0.25) is 11.8 Å². The van der Waals surface area contributed by atoms with E-state index < -0.39 is 5.82 Å². The smallest absolute Gasteiger partial charge is 0.234 e. The summed E-state index contributed by atoms with van der Waals surface area (Å²) >= 11 is 7.06. The molecule has 4 nitrogen and oxygen atoms in total. The van der Waals surface area contributed by atoms with Crippen molar-refractivity contribution in [3.05, 3.63) is 89.2 Å². The van der Waals surface area contributed by atoms with Crippen molar-refractivity contribution in [2.75, 3.05) is 16.4 Å². The van der Waals surface area contributed by atoms with Crippen molar-refractivity contribution in [3.8, 4) is 0 Å². The molecule has 0 saturated carbocycles. The largest absolute Gasteiger partial charge is 0.326 e. The van der Waals surface area contributed by atoms with Crippen LogP contribution in [0.25, 0.3) is 0 Å². The summed E-state index contributed by atoms with van der Waals surface area (Å²) in [6, 6.07) is 20.8. The Kier molecular flexibility index (Phi) is 7.27. The molecule has 7 heteroatoms. The van der Waals surface area contributed by atoms with E-state index in [1.165, 1.54) is 30.0 Å². The second-order valence-electron chi connectivity index (χ2n) is 6.20. The number of amides is 2. The highest BCUT2D eigenvalue weighted by atomic mass is 35.5. The highest BCUT2D eigenvalue weighted by Gasteiger charge is 2.07. The van der Waals surface area contributed by atoms with E-state index in [0.29, 0.717) is 17.8 Å². The normalized spacial score (nSPS) is 10.4. The summed E-state index contributed by atoms with van der Waals surface area (Å²) < 4.78 is 13.2. The Morgan fingerprint density at radius 2 is 1.52 bits per heavy atom. The molecule has 0 aliphatic heterocycles. The second-order valence-corrected chi connectivity index (χ2v) is 7.66. The molecule has 148 valence electrons. The molecule has 29 heavy (non-hydrogen) atoms. The molecular formula is C22H18ClFN2O2S. The summed E-state index contributed by atoms with van der Waals surface area (Å²) in [6.07, 6.45) is 0.310. The lowest BCUT2D eigenvalue weighted by atomic mass is 10.1. The van der Waals surface area contributed by atoms with E-state index in [1.54, 1.807) is 12.1 Å². The standard InChI is InChI=1S/C22H18ClFN2O2S/c23-19-13-17(8-11-20(19)24)26-22(28)14-29-18-9-6-16(7-10-18)25-21(27)12-15-4-2-1-3-5-15/h1-11,13H,12,14H2,(H,25,27)(H,26,28). The Labute approximate surface area is 177 Å². The third-order valence-electron chi connectivity index (χ3n) is 3.92. The van der Waals surface area contributed by atoms with Crippen molar-refractivity contribution >= 4 is 46.6 Å². The van der Waals surface area contributed by atoms with Crippen molar-refractivity contribution in [1.82, 2.24) is 0 Å². The van der Waals surface area contributed by atoms with Gasteiger partial charge in [0.25, 0.3) is 0 Å². The number of thioether (sulfide) groups is 1. The van der Waals surface area contributed by atoms with Crippen LogP contribution in [-0.2, 0) is 16.0 Å². The van der Waals surface area contributed by atoms with Crippen LogP contribution in [-0.4, -0.2) is 17.6 Å². The van der Waals surface area contributed by atoms with Gasteiger partial charge in [0.1, 0.15) is 5.82 Å². The maximum Gasteiger partial charge on any atom is 0.234 e. The Morgan fingerprint density at radius 1 is 0.862 bits per heavy atom. The summed E-state index contributed by atoms with van der Waals surface area (Å²) in [7, 11) is 0. The third kappa shape index (κ3) is 6.62. The summed E-state index contributed by atoms with van der Waals surface area (Å²) in [5, 5.41) is 5.49. The van der Waals surface area contributed by atoms with Crippen LogP contribution >= 0.6 is 23.4 Å². The number of hydrogen-bond acceptors (Lipinski definition) is 3. The van der Waals surface area contributed by atoms with Gasteiger partial charge in [-0.2, -0.15) is 0 Å². The fraction of sp³-hybridized carbons (Fsp3) is 0.0909. The molecule has 0 aliphatic rings. The van der Waals surface area contributed by atoms with Gasteiger partial charge < -0.3 is 10.6 Å². The molecule has 0 aliphatic carbocycles. The predicted octanol–water partition coefficient (Wildman–Crippen LogP) is 5.39. The summed E-state index contributed by atoms with van der Waals surface area (Å²) in [5.41, 5.74) is 2.09. The van der Waals surface area contributed by atoms with Gasteiger partial charge in [-0.3, -0.25) is 9.59 Å². The molecule has 3 rings (SSSR count). The molecule has 0 saturated heterocycles. The van der Waals surface area contributed by atoms with Gasteiger partial charge in [0.05, 0.1) is 17.2 Å². The molecule has 0 aromatic heterocycles. The SMILES string of the molecule is O=C(CSc1ccc(NC(=O)Cc2ccccc2)cc1)Nc1ccc(F)c(Cl)c1. The van der Waals surface area contributed by atoms with Gasteiger partial charge in [-0.1, -0.05) is 41.9 Å². The van der Waals surface area contributed by atoms with E-state index in [9.17, 15) is 14.0 Å². The molecule has 3 aromatic carbocycles. The second kappa shape index (κ2) is 10.1. The number of hydrogen-bond donors (Lipinski definition) is 2. The molecule has 3 aromatic rings. The van der Waals surface area contributed by atoms with Crippen molar-refractivity contribution in [2.45, 2.75) is 11.3 Å². The van der Waals surface area contributed by atoms with Gasteiger partial charge in [-0.05, 0) is 48.0 Å². The van der Waals surface area contributed by atoms with Crippen LogP contribution in [0.15, 0.2) is 77.7 Å². The first-order valence-electron chi connectivity index (χ1n) is 8.81. The van der Waals surface area contributed by atoms with E-state index >= 15 is 0 Å². The Morgan fingerprint density at radius 3 is 2.21 bits per heavy atom. The van der Waals surface area contributed by atoms with Gasteiger partial charge in [0.15, 0.2) is 0 Å². The lowest BCUT2D eigenvalue weighted by Crippen LogP contribution is -2.14. The van der Waals surface area contributed by atoms with E-state index in [2.05, 4.69) is 10.6 Å². The molecule has 2 amide bonds. The average Bonchev–Trinajstić information content (AvgIpc) is 2.71. The minimum Gasteiger partial charge on any atom is -0.326 e. The zero-order valence-electron chi connectivity index (χ0n) is 15.3. The van der Waals surface area contributed by atoms with Gasteiger partial charge >= 0.3 is 0 Å². The number of nitrogens with one attached hydrogen (secondary N) is 2. The molecule has 0 fully saturated rings. The van der Waals surface area contributed by atoms with Crippen LogP contribution in [0, 0.1) is 5.82 Å². The first-order valence-corrected chi connectivity index (χ1v) is 10.2. The number of benzene rings is 3. The molecule has 0 bridgehead atoms. The van der Waals surface area contributed by atoms with Crippen LogP contribution in [0.3, 0.4) is 0 Å². The molecule has 0 radical (unpaired) electrons. The van der Waals surface area contributed by atoms with Crippen molar-refractivity contribution in [3.63, 3.8) is 0 Å². The number of halogens is 2. The number of rotatable bonds is 7. The summed E-state index contributed by atoms with van der Waals surface area (Å²) in [4.78, 5) is 25.0. The van der Waals surface area contributed by atoms with Gasteiger partial charge in [-0.15, -0.1) is 11.8 Å². The quantitative estimate of drug-likeness (QED) is 0.496. The lowest BCUT2D eigenvalue weighted by molar-refractivity contribution is -0.115. The van der Waals surface area contributed by atoms with E-state index in [1.807, 2.05) is 42.5 Å². The topological polar surface area (TPSA) is 58.2 Å². The fourth-order valence-electron chi connectivity index (χ4n) is 2.54. The van der Waals surface area contributed by atoms with Crippen molar-refractivity contribution < 1.29 is 14.0 Å². The van der Waals surface area contributed by atoms with E-state index in [0.717, 1.165) is 10.5 Å². The van der Waals surface area contributed by atoms with Crippen LogP contribution in [0.1, 0.15) is 5.56 Å². The Hall–Kier alpha value is -2.83. The maximum atomic E-state index is 13.2. The van der Waals surface area contributed by atoms with Crippen molar-refractivity contribution in [1.29, 1.82) is 0 Å². The highest BCUT2D eigenvalue weighted by Crippen LogP contribution is 2.22. The Balaban J connectivity index is 1.46. The fourth-order valence-corrected chi connectivity index (χ4v) is 3.42. The van der Waals surface area contributed by atoms with Gasteiger partial charge in [0, 0.05) is 16.3 Å². The molecule has 0 unspecified atom stereocenters. The highest BCUT2D eigenvalue weighted by molar-refractivity contribution is 8.00. The molecule has 2 N–H and O–H groups in total.